The van der Waals surface area contributed by atoms with Gasteiger partial charge >= 0.3 is 11.9 Å². The molecule has 348 valence electrons. The SMILES string of the molecule is CCCC.CNC(=O)CCC(C)SSCCC(=O)N(C)[C@H](C)C(=O)O[C@@H]1CC(=O)N(C)c2cc(cc(OC)c2Cl)C/C(C)=C/C=C/[C@H](OC)[C@@]2(O)CC(=O)O[C@@H](C[C@H]3O[C@]13C)C2. The summed E-state index contributed by atoms with van der Waals surface area (Å²) in [5.41, 5.74) is -0.613. The summed E-state index contributed by atoms with van der Waals surface area (Å²) in [6, 6.07) is 2.60. The van der Waals surface area contributed by atoms with Gasteiger partial charge in [-0.2, -0.15) is 0 Å². The molecule has 4 bridgehead atoms. The number of methoxy groups -OCH3 is 2. The molecule has 3 aliphatic heterocycles. The van der Waals surface area contributed by atoms with Gasteiger partial charge in [-0.25, -0.2) is 4.79 Å². The second-order valence-electron chi connectivity index (χ2n) is 16.4. The van der Waals surface area contributed by atoms with Crippen molar-refractivity contribution in [2.75, 3.05) is 46.0 Å². The van der Waals surface area contributed by atoms with Crippen molar-refractivity contribution >= 4 is 68.5 Å². The third kappa shape index (κ3) is 14.9. The van der Waals surface area contributed by atoms with Gasteiger partial charge in [-0.05, 0) is 51.3 Å². The molecule has 0 radical (unpaired) electrons. The van der Waals surface area contributed by atoms with Gasteiger partial charge in [0.2, 0.25) is 17.7 Å². The minimum Gasteiger partial charge on any atom is -0.495 e. The van der Waals surface area contributed by atoms with E-state index in [1.807, 2.05) is 19.9 Å². The highest BCUT2D eigenvalue weighted by Gasteiger charge is 2.61. The molecular weight excluding hydrogens is 858 g/mol. The van der Waals surface area contributed by atoms with Crippen molar-refractivity contribution in [1.29, 1.82) is 0 Å². The average Bonchev–Trinajstić information content (AvgIpc) is 3.90. The monoisotopic (exact) mass is 925 g/mol. The number of halogens is 1. The number of likely N-dealkylation sites (N-methyl/N-ethyl adjacent to an activating group) is 1. The molecule has 3 heterocycles. The van der Waals surface area contributed by atoms with E-state index >= 15 is 0 Å². The third-order valence-corrected chi connectivity index (χ3v) is 14.9. The number of epoxide rings is 1. The van der Waals surface area contributed by atoms with Crippen LogP contribution >= 0.6 is 33.2 Å². The zero-order valence-corrected chi connectivity index (χ0v) is 40.6. The summed E-state index contributed by atoms with van der Waals surface area (Å²) in [5, 5.41) is 14.8. The molecule has 1 aromatic carbocycles. The van der Waals surface area contributed by atoms with E-state index in [9.17, 15) is 29.1 Å². The average molecular weight is 927 g/mol. The Hall–Kier alpha value is -3.28. The highest BCUT2D eigenvalue weighted by atomic mass is 35.5. The molecule has 3 amide bonds. The van der Waals surface area contributed by atoms with E-state index in [1.165, 1.54) is 54.7 Å². The highest BCUT2D eigenvalue weighted by molar-refractivity contribution is 8.76. The van der Waals surface area contributed by atoms with Crippen LogP contribution in [0.2, 0.25) is 5.02 Å². The zero-order valence-electron chi connectivity index (χ0n) is 38.2. The molecule has 0 aliphatic carbocycles. The standard InChI is InChI=1S/C41H58ClN3O11S2.C4H10/c1-24-11-10-12-31(53-9)41(51)22-28(54-37(49)23-41)20-33-40(4,56-33)32(21-36(48)45(7)29-18-27(17-24)19-30(52-8)38(29)42)55-39(50)26(3)44(6)35(47)15-16-57-58-25(2)13-14-34(46)43-5;1-3-4-2/h10-12,18-19,25-26,28,31-33,51H,13-17,20-23H2,1-9H3,(H,43,46);3-4H2,1-2H3/b12-10+,24-11+;/t25?,26-,28+,31+,32-,33-,40-,41+;/m1./s1. The number of anilines is 1. The number of carbonyl (C=O) groups is 5. The lowest BCUT2D eigenvalue weighted by atomic mass is 9.82. The van der Waals surface area contributed by atoms with Crippen LogP contribution in [0.1, 0.15) is 105 Å². The van der Waals surface area contributed by atoms with Gasteiger partial charge in [0, 0.05) is 64.9 Å². The summed E-state index contributed by atoms with van der Waals surface area (Å²) in [6.07, 6.45) is 6.08. The summed E-state index contributed by atoms with van der Waals surface area (Å²) in [5.74, 6) is -1.15. The van der Waals surface area contributed by atoms with Gasteiger partial charge in [-0.1, -0.05) is 90.6 Å². The first kappa shape index (κ1) is 53.1. The maximum absolute atomic E-state index is 14.2. The van der Waals surface area contributed by atoms with E-state index in [0.29, 0.717) is 36.5 Å². The topological polar surface area (TPSA) is 174 Å². The predicted octanol–water partition coefficient (Wildman–Crippen LogP) is 7.01. The van der Waals surface area contributed by atoms with Gasteiger partial charge < -0.3 is 43.9 Å². The van der Waals surface area contributed by atoms with Crippen molar-refractivity contribution in [3.8, 4) is 5.75 Å². The first-order valence-corrected chi connectivity index (χ1v) is 24.1. The van der Waals surface area contributed by atoms with Crippen LogP contribution in [0.3, 0.4) is 0 Å². The van der Waals surface area contributed by atoms with Gasteiger partial charge in [0.15, 0.2) is 0 Å². The van der Waals surface area contributed by atoms with Crippen LogP contribution in [0.4, 0.5) is 5.69 Å². The van der Waals surface area contributed by atoms with Crippen LogP contribution < -0.4 is 15.0 Å². The third-order valence-electron chi connectivity index (χ3n) is 11.5. The number of nitrogens with one attached hydrogen (secondary N) is 1. The van der Waals surface area contributed by atoms with Gasteiger partial charge in [-0.15, -0.1) is 0 Å². The molecule has 17 heteroatoms. The Kier molecular flexibility index (Phi) is 21.1. The van der Waals surface area contributed by atoms with Crippen LogP contribution in [-0.4, -0.2) is 128 Å². The molecule has 2 N–H and O–H groups in total. The summed E-state index contributed by atoms with van der Waals surface area (Å²) in [7, 11) is 10.8. The van der Waals surface area contributed by atoms with Crippen LogP contribution in [0.5, 0.6) is 5.75 Å². The van der Waals surface area contributed by atoms with Gasteiger partial charge in [0.25, 0.3) is 0 Å². The van der Waals surface area contributed by atoms with Crippen LogP contribution in [0.25, 0.3) is 0 Å². The first-order chi connectivity index (χ1) is 29.3. The number of benzene rings is 1. The zero-order chi connectivity index (χ0) is 46.4. The fraction of sp³-hybridized carbons (Fsp3) is 0.667. The van der Waals surface area contributed by atoms with Crippen molar-refractivity contribution in [1.82, 2.24) is 10.2 Å². The lowest BCUT2D eigenvalue weighted by Crippen LogP contribution is -2.52. The van der Waals surface area contributed by atoms with Gasteiger partial charge in [0.05, 0.1) is 31.7 Å². The number of unbranched alkanes of at least 4 members (excludes halogenated alkanes) is 1. The number of aliphatic hydroxyl groups is 1. The Morgan fingerprint density at radius 1 is 1.15 bits per heavy atom. The normalized spacial score (nSPS) is 27.4. The molecular formula is C45H68ClN3O11S2. The van der Waals surface area contributed by atoms with E-state index in [0.717, 1.165) is 11.1 Å². The largest absolute Gasteiger partial charge is 0.495 e. The molecule has 4 rings (SSSR count). The molecule has 3 aliphatic rings. The molecule has 1 aromatic rings. The van der Waals surface area contributed by atoms with Crippen molar-refractivity contribution in [3.05, 3.63) is 46.5 Å². The fourth-order valence-corrected chi connectivity index (χ4v) is 9.74. The number of fused-ring (bicyclic) bond motifs is 5. The molecule has 0 aromatic heterocycles. The molecule has 62 heavy (non-hydrogen) atoms. The number of hydrogen-bond donors (Lipinski definition) is 2. The minimum absolute atomic E-state index is 0.0165. The Bertz CT molecular complexity index is 1780. The summed E-state index contributed by atoms with van der Waals surface area (Å²) < 4.78 is 29.2. The second kappa shape index (κ2) is 24.7. The van der Waals surface area contributed by atoms with Gasteiger partial charge in [-0.3, -0.25) is 19.2 Å². The van der Waals surface area contributed by atoms with E-state index in [2.05, 4.69) is 19.2 Å². The quantitative estimate of drug-likeness (QED) is 0.0846. The van der Waals surface area contributed by atoms with Crippen LogP contribution in [0, 0.1) is 0 Å². The molecule has 2 saturated heterocycles. The minimum atomic E-state index is -1.57. The summed E-state index contributed by atoms with van der Waals surface area (Å²) in [6.45, 7) is 11.6. The summed E-state index contributed by atoms with van der Waals surface area (Å²) >= 11 is 6.77. The molecule has 0 saturated carbocycles. The number of hydrogen-bond acceptors (Lipinski definition) is 13. The van der Waals surface area contributed by atoms with E-state index in [4.69, 9.17) is 35.3 Å². The van der Waals surface area contributed by atoms with E-state index < -0.39 is 59.5 Å². The lowest BCUT2D eigenvalue weighted by molar-refractivity contribution is -0.182. The number of carbonyl (C=O) groups excluding carboxylic acids is 5. The number of allylic oxidation sites excluding steroid dienone is 3. The Morgan fingerprint density at radius 2 is 1.84 bits per heavy atom. The Morgan fingerprint density at radius 3 is 2.47 bits per heavy atom. The van der Waals surface area contributed by atoms with Crippen LogP contribution in [0.15, 0.2) is 35.9 Å². The second-order valence-corrected chi connectivity index (χ2v) is 19.7. The molecule has 2 fully saturated rings. The van der Waals surface area contributed by atoms with Crippen molar-refractivity contribution in [3.63, 3.8) is 0 Å². The first-order valence-electron chi connectivity index (χ1n) is 21.3. The molecule has 8 atom stereocenters. The molecule has 0 spiro atoms. The number of nitrogens with zero attached hydrogens (tertiary/aromatic N) is 2. The predicted molar refractivity (Wildman–Crippen MR) is 246 cm³/mol. The smallest absolute Gasteiger partial charge is 0.328 e. The van der Waals surface area contributed by atoms with E-state index in [-0.39, 0.29) is 54.2 Å². The van der Waals surface area contributed by atoms with Crippen molar-refractivity contribution in [2.24, 2.45) is 0 Å². The molecule has 1 unspecified atom stereocenters. The number of amides is 3. The Balaban J connectivity index is 0.00000245. The number of ether oxygens (including phenoxy) is 5. The lowest BCUT2D eigenvalue weighted by Gasteiger charge is -2.39. The van der Waals surface area contributed by atoms with Crippen molar-refractivity contribution in [2.45, 2.75) is 153 Å². The molecule has 14 nitrogen and oxygen atoms in total. The van der Waals surface area contributed by atoms with E-state index in [1.54, 1.807) is 63.0 Å². The van der Waals surface area contributed by atoms with Crippen LogP contribution in [-0.2, 0) is 49.3 Å². The number of rotatable bonds is 14. The number of esters is 2. The maximum Gasteiger partial charge on any atom is 0.328 e. The maximum atomic E-state index is 14.2. The van der Waals surface area contributed by atoms with Crippen molar-refractivity contribution < 1.29 is 52.8 Å². The van der Waals surface area contributed by atoms with Gasteiger partial charge in [0.1, 0.15) is 46.3 Å². The fourth-order valence-electron chi connectivity index (χ4n) is 7.10. The summed E-state index contributed by atoms with van der Waals surface area (Å²) in [4.78, 5) is 68.3. The highest BCUT2D eigenvalue weighted by Crippen LogP contribution is 2.47. The Labute approximate surface area is 380 Å².